The van der Waals surface area contributed by atoms with Gasteiger partial charge < -0.3 is 10.4 Å². The average Bonchev–Trinajstić information content (AvgIpc) is 2.03. The second-order valence-corrected chi connectivity index (χ2v) is 4.17. The summed E-state index contributed by atoms with van der Waals surface area (Å²) in [6.07, 6.45) is 4.65. The van der Waals surface area contributed by atoms with E-state index in [4.69, 9.17) is 0 Å². The van der Waals surface area contributed by atoms with Gasteiger partial charge in [0.1, 0.15) is 0 Å². The standard InChI is InChI=1S/C10H21NO/c1-8(2)11-7-9-5-3-4-6-10(9)12/h8-12H,3-7H2,1-2H3/t9-,10-/m1/s1. The molecule has 0 saturated heterocycles. The van der Waals surface area contributed by atoms with Crippen LogP contribution in [0.2, 0.25) is 0 Å². The van der Waals surface area contributed by atoms with Crippen LogP contribution < -0.4 is 5.32 Å². The largest absolute Gasteiger partial charge is 0.393 e. The zero-order valence-corrected chi connectivity index (χ0v) is 8.21. The Labute approximate surface area is 75.4 Å². The number of nitrogens with one attached hydrogen (secondary N) is 1. The normalized spacial score (nSPS) is 31.0. The Morgan fingerprint density at radius 3 is 2.58 bits per heavy atom. The van der Waals surface area contributed by atoms with Crippen molar-refractivity contribution in [1.82, 2.24) is 5.32 Å². The summed E-state index contributed by atoms with van der Waals surface area (Å²) < 4.78 is 0. The molecule has 0 aromatic carbocycles. The average molecular weight is 171 g/mol. The lowest BCUT2D eigenvalue weighted by atomic mass is 9.86. The number of rotatable bonds is 3. The first-order valence-corrected chi connectivity index (χ1v) is 5.11. The summed E-state index contributed by atoms with van der Waals surface area (Å²) in [6.45, 7) is 5.28. The SMILES string of the molecule is CC(C)NC[C@H]1CCCC[C@H]1O. The summed E-state index contributed by atoms with van der Waals surface area (Å²) in [6, 6.07) is 0.541. The monoisotopic (exact) mass is 171 g/mol. The first-order valence-electron chi connectivity index (χ1n) is 5.11. The predicted octanol–water partition coefficient (Wildman–Crippen LogP) is 1.54. The minimum atomic E-state index is -0.0509. The molecule has 0 heterocycles. The molecule has 0 radical (unpaired) electrons. The van der Waals surface area contributed by atoms with Crippen LogP contribution in [0.5, 0.6) is 0 Å². The van der Waals surface area contributed by atoms with Crippen LogP contribution in [0.25, 0.3) is 0 Å². The maximum Gasteiger partial charge on any atom is 0.0580 e. The first kappa shape index (κ1) is 10.0. The van der Waals surface area contributed by atoms with Gasteiger partial charge in [-0.05, 0) is 18.8 Å². The molecule has 0 spiro atoms. The maximum atomic E-state index is 9.64. The quantitative estimate of drug-likeness (QED) is 0.675. The molecule has 0 aromatic heterocycles. The van der Waals surface area contributed by atoms with Crippen LogP contribution in [0.3, 0.4) is 0 Å². The van der Waals surface area contributed by atoms with Gasteiger partial charge in [0, 0.05) is 12.6 Å². The molecule has 0 unspecified atom stereocenters. The first-order chi connectivity index (χ1) is 5.70. The van der Waals surface area contributed by atoms with Gasteiger partial charge in [-0.1, -0.05) is 26.7 Å². The van der Waals surface area contributed by atoms with Crippen LogP contribution in [0, 0.1) is 5.92 Å². The zero-order valence-electron chi connectivity index (χ0n) is 8.21. The van der Waals surface area contributed by atoms with Gasteiger partial charge in [0.15, 0.2) is 0 Å². The van der Waals surface area contributed by atoms with Crippen molar-refractivity contribution in [3.63, 3.8) is 0 Å². The van der Waals surface area contributed by atoms with E-state index in [1.165, 1.54) is 19.3 Å². The Kier molecular flexibility index (Phi) is 4.02. The van der Waals surface area contributed by atoms with E-state index in [1.807, 2.05) is 0 Å². The second-order valence-electron chi connectivity index (χ2n) is 4.17. The van der Waals surface area contributed by atoms with Crippen molar-refractivity contribution < 1.29 is 5.11 Å². The molecule has 1 aliphatic carbocycles. The lowest BCUT2D eigenvalue weighted by Crippen LogP contribution is -2.36. The molecule has 0 bridgehead atoms. The van der Waals surface area contributed by atoms with Crippen LogP contribution in [0.15, 0.2) is 0 Å². The van der Waals surface area contributed by atoms with Crippen LogP contribution in [0.1, 0.15) is 39.5 Å². The predicted molar refractivity (Wildman–Crippen MR) is 51.1 cm³/mol. The highest BCUT2D eigenvalue weighted by Gasteiger charge is 2.22. The van der Waals surface area contributed by atoms with Crippen LogP contribution in [-0.2, 0) is 0 Å². The van der Waals surface area contributed by atoms with Crippen molar-refractivity contribution in [2.75, 3.05) is 6.54 Å². The molecular weight excluding hydrogens is 150 g/mol. The van der Waals surface area contributed by atoms with Gasteiger partial charge in [-0.3, -0.25) is 0 Å². The smallest absolute Gasteiger partial charge is 0.0580 e. The van der Waals surface area contributed by atoms with Gasteiger partial charge in [-0.2, -0.15) is 0 Å². The minimum absolute atomic E-state index is 0.0509. The summed E-state index contributed by atoms with van der Waals surface area (Å²) in [5, 5.41) is 13.0. The maximum absolute atomic E-state index is 9.64. The van der Waals surface area contributed by atoms with E-state index in [9.17, 15) is 5.11 Å². The lowest BCUT2D eigenvalue weighted by molar-refractivity contribution is 0.0687. The summed E-state index contributed by atoms with van der Waals surface area (Å²) in [7, 11) is 0. The molecule has 2 N–H and O–H groups in total. The molecule has 2 nitrogen and oxygen atoms in total. The van der Waals surface area contributed by atoms with E-state index in [0.717, 1.165) is 13.0 Å². The van der Waals surface area contributed by atoms with Gasteiger partial charge in [0.05, 0.1) is 6.10 Å². The summed E-state index contributed by atoms with van der Waals surface area (Å²) in [5.74, 6) is 0.501. The minimum Gasteiger partial charge on any atom is -0.393 e. The lowest BCUT2D eigenvalue weighted by Gasteiger charge is -2.28. The summed E-state index contributed by atoms with van der Waals surface area (Å²) in [5.41, 5.74) is 0. The summed E-state index contributed by atoms with van der Waals surface area (Å²) in [4.78, 5) is 0. The van der Waals surface area contributed by atoms with Crippen molar-refractivity contribution in [3.05, 3.63) is 0 Å². The summed E-state index contributed by atoms with van der Waals surface area (Å²) >= 11 is 0. The molecule has 2 atom stereocenters. The van der Waals surface area contributed by atoms with Crippen molar-refractivity contribution in [3.8, 4) is 0 Å². The van der Waals surface area contributed by atoms with Crippen molar-refractivity contribution in [2.24, 2.45) is 5.92 Å². The molecule has 0 aliphatic heterocycles. The van der Waals surface area contributed by atoms with Crippen LogP contribution in [-0.4, -0.2) is 23.8 Å². The number of hydrogen-bond donors (Lipinski definition) is 2. The molecule has 1 saturated carbocycles. The Morgan fingerprint density at radius 1 is 1.33 bits per heavy atom. The van der Waals surface area contributed by atoms with Crippen LogP contribution in [0.4, 0.5) is 0 Å². The van der Waals surface area contributed by atoms with Crippen molar-refractivity contribution in [1.29, 1.82) is 0 Å². The van der Waals surface area contributed by atoms with E-state index in [0.29, 0.717) is 12.0 Å². The molecule has 1 fully saturated rings. The Morgan fingerprint density at radius 2 is 2.00 bits per heavy atom. The fraction of sp³-hybridized carbons (Fsp3) is 1.00. The van der Waals surface area contributed by atoms with E-state index >= 15 is 0 Å². The molecule has 2 heteroatoms. The fourth-order valence-electron chi connectivity index (χ4n) is 1.81. The Hall–Kier alpha value is -0.0800. The molecule has 0 aromatic rings. The van der Waals surface area contributed by atoms with Gasteiger partial charge in [-0.25, -0.2) is 0 Å². The molecular formula is C10H21NO. The van der Waals surface area contributed by atoms with Gasteiger partial charge in [0.25, 0.3) is 0 Å². The van der Waals surface area contributed by atoms with Crippen molar-refractivity contribution >= 4 is 0 Å². The van der Waals surface area contributed by atoms with E-state index < -0.39 is 0 Å². The Balaban J connectivity index is 2.20. The second kappa shape index (κ2) is 4.83. The number of hydrogen-bond acceptors (Lipinski definition) is 2. The van der Waals surface area contributed by atoms with E-state index in [2.05, 4.69) is 19.2 Å². The molecule has 72 valence electrons. The fourth-order valence-corrected chi connectivity index (χ4v) is 1.81. The third-order valence-electron chi connectivity index (χ3n) is 2.66. The number of aliphatic hydroxyl groups excluding tert-OH is 1. The molecule has 1 aliphatic rings. The van der Waals surface area contributed by atoms with Crippen LogP contribution >= 0.6 is 0 Å². The third kappa shape index (κ3) is 3.11. The third-order valence-corrected chi connectivity index (χ3v) is 2.66. The zero-order chi connectivity index (χ0) is 8.97. The number of aliphatic hydroxyl groups is 1. The highest BCUT2D eigenvalue weighted by molar-refractivity contribution is 4.76. The van der Waals surface area contributed by atoms with Crippen molar-refractivity contribution in [2.45, 2.75) is 51.7 Å². The molecule has 0 amide bonds. The van der Waals surface area contributed by atoms with Gasteiger partial charge in [-0.15, -0.1) is 0 Å². The van der Waals surface area contributed by atoms with E-state index in [-0.39, 0.29) is 6.10 Å². The highest BCUT2D eigenvalue weighted by Crippen LogP contribution is 2.23. The van der Waals surface area contributed by atoms with Gasteiger partial charge >= 0.3 is 0 Å². The molecule has 1 rings (SSSR count). The Bertz CT molecular complexity index is 125. The highest BCUT2D eigenvalue weighted by atomic mass is 16.3. The topological polar surface area (TPSA) is 32.3 Å². The molecule has 12 heavy (non-hydrogen) atoms. The van der Waals surface area contributed by atoms with E-state index in [1.54, 1.807) is 0 Å². The van der Waals surface area contributed by atoms with Gasteiger partial charge in [0.2, 0.25) is 0 Å².